The van der Waals surface area contributed by atoms with Crippen molar-refractivity contribution < 1.29 is 22.7 Å². The van der Waals surface area contributed by atoms with E-state index in [0.717, 1.165) is 35.0 Å². The van der Waals surface area contributed by atoms with Gasteiger partial charge in [0.15, 0.2) is 11.5 Å². The molecule has 1 atom stereocenters. The van der Waals surface area contributed by atoms with Gasteiger partial charge in [-0.3, -0.25) is 9.52 Å². The van der Waals surface area contributed by atoms with Crippen LogP contribution < -0.4 is 14.2 Å². The number of fused-ring (bicyclic) bond motifs is 4. The van der Waals surface area contributed by atoms with E-state index < -0.39 is 10.0 Å². The van der Waals surface area contributed by atoms with Gasteiger partial charge in [-0.2, -0.15) is 0 Å². The molecule has 3 heterocycles. The van der Waals surface area contributed by atoms with Gasteiger partial charge in [0.1, 0.15) is 0 Å². The van der Waals surface area contributed by atoms with Crippen molar-refractivity contribution in [1.29, 1.82) is 0 Å². The largest absolute Gasteiger partial charge is 0.454 e. The summed E-state index contributed by atoms with van der Waals surface area (Å²) < 4.78 is 36.4. The second-order valence-corrected chi connectivity index (χ2v) is 10.9. The summed E-state index contributed by atoms with van der Waals surface area (Å²) in [6.07, 6.45) is 5.15. The molecule has 0 bridgehead atoms. The third kappa shape index (κ3) is 4.53. The topological polar surface area (TPSA) is 101 Å². The average Bonchev–Trinajstić information content (AvgIpc) is 3.50. The molecule has 8 nitrogen and oxygen atoms in total. The Balaban J connectivity index is 1.33. The fraction of sp³-hybridized carbons (Fsp3) is 0.179. The zero-order chi connectivity index (χ0) is 25.6. The highest BCUT2D eigenvalue weighted by Crippen LogP contribution is 2.42. The highest BCUT2D eigenvalue weighted by atomic mass is 32.2. The lowest BCUT2D eigenvalue weighted by atomic mass is 9.92. The summed E-state index contributed by atoms with van der Waals surface area (Å²) in [5, 5.41) is 1.17. The minimum Gasteiger partial charge on any atom is -0.454 e. The third-order valence-corrected chi connectivity index (χ3v) is 7.27. The molecule has 1 aromatic heterocycles. The van der Waals surface area contributed by atoms with Crippen molar-refractivity contribution in [2.24, 2.45) is 0 Å². The number of sulfonamides is 1. The van der Waals surface area contributed by atoms with E-state index in [4.69, 9.17) is 9.47 Å². The van der Waals surface area contributed by atoms with Crippen LogP contribution in [-0.4, -0.2) is 43.8 Å². The van der Waals surface area contributed by atoms with Gasteiger partial charge in [0.05, 0.1) is 12.3 Å². The van der Waals surface area contributed by atoms with Crippen LogP contribution in [0.1, 0.15) is 28.4 Å². The molecule has 6 rings (SSSR count). The van der Waals surface area contributed by atoms with Gasteiger partial charge in [0, 0.05) is 34.9 Å². The van der Waals surface area contributed by atoms with Crippen LogP contribution >= 0.6 is 0 Å². The molecule has 0 saturated heterocycles. The first-order valence-corrected chi connectivity index (χ1v) is 13.8. The van der Waals surface area contributed by atoms with E-state index in [0.29, 0.717) is 23.7 Å². The number of ether oxygens (including phenoxy) is 2. The number of carbonyl (C=O) groups is 1. The van der Waals surface area contributed by atoms with Crippen molar-refractivity contribution in [3.63, 3.8) is 0 Å². The zero-order valence-corrected chi connectivity index (χ0v) is 20.9. The summed E-state index contributed by atoms with van der Waals surface area (Å²) in [6, 6.07) is 20.6. The number of nitrogens with zero attached hydrogens (tertiary/aromatic N) is 1. The van der Waals surface area contributed by atoms with Crippen LogP contribution in [0.5, 0.6) is 11.5 Å². The molecule has 0 saturated carbocycles. The van der Waals surface area contributed by atoms with Crippen molar-refractivity contribution in [3.05, 3.63) is 95.2 Å². The first-order chi connectivity index (χ1) is 17.9. The van der Waals surface area contributed by atoms with Crippen LogP contribution in [0.3, 0.4) is 0 Å². The Hall–Kier alpha value is -4.24. The predicted molar refractivity (Wildman–Crippen MR) is 142 cm³/mol. The molecule has 0 radical (unpaired) electrons. The average molecular weight is 516 g/mol. The number of H-pyrrole nitrogens is 1. The number of rotatable bonds is 5. The number of nitrogens with one attached hydrogen (secondary N) is 2. The van der Waals surface area contributed by atoms with Crippen LogP contribution in [0, 0.1) is 0 Å². The van der Waals surface area contributed by atoms with E-state index in [-0.39, 0.29) is 18.7 Å². The number of carbonyl (C=O) groups excluding carboxylic acids is 1. The van der Waals surface area contributed by atoms with Crippen LogP contribution in [0.25, 0.3) is 17.0 Å². The van der Waals surface area contributed by atoms with Crippen LogP contribution in [0.2, 0.25) is 0 Å². The highest BCUT2D eigenvalue weighted by molar-refractivity contribution is 7.92. The lowest BCUT2D eigenvalue weighted by Gasteiger charge is -2.35. The summed E-state index contributed by atoms with van der Waals surface area (Å²) in [6.45, 7) is 0.749. The molecular formula is C28H25N3O5S. The minimum atomic E-state index is -3.35. The first-order valence-electron chi connectivity index (χ1n) is 11.9. The van der Waals surface area contributed by atoms with Gasteiger partial charge in [-0.15, -0.1) is 0 Å². The Morgan fingerprint density at radius 3 is 2.65 bits per heavy atom. The van der Waals surface area contributed by atoms with Crippen molar-refractivity contribution in [3.8, 4) is 11.5 Å². The van der Waals surface area contributed by atoms with E-state index in [1.54, 1.807) is 36.4 Å². The summed E-state index contributed by atoms with van der Waals surface area (Å²) in [7, 11) is -3.35. The summed E-state index contributed by atoms with van der Waals surface area (Å²) in [4.78, 5) is 19.0. The monoisotopic (exact) mass is 515 g/mol. The molecule has 9 heteroatoms. The van der Waals surface area contributed by atoms with E-state index in [9.17, 15) is 13.2 Å². The van der Waals surface area contributed by atoms with Crippen molar-refractivity contribution >= 4 is 38.6 Å². The predicted octanol–water partition coefficient (Wildman–Crippen LogP) is 4.46. The third-order valence-electron chi connectivity index (χ3n) is 6.66. The maximum Gasteiger partial charge on any atom is 0.247 e. The molecule has 37 heavy (non-hydrogen) atoms. The molecule has 2 N–H and O–H groups in total. The van der Waals surface area contributed by atoms with Gasteiger partial charge in [0.25, 0.3) is 0 Å². The summed E-state index contributed by atoms with van der Waals surface area (Å²) in [5.41, 5.74) is 5.47. The Morgan fingerprint density at radius 1 is 1.05 bits per heavy atom. The molecule has 1 unspecified atom stereocenters. The van der Waals surface area contributed by atoms with Gasteiger partial charge in [-0.05, 0) is 59.5 Å². The maximum atomic E-state index is 13.5. The number of hydrogen-bond donors (Lipinski definition) is 2. The Bertz CT molecular complexity index is 1640. The molecule has 188 valence electrons. The van der Waals surface area contributed by atoms with E-state index >= 15 is 0 Å². The van der Waals surface area contributed by atoms with Gasteiger partial charge in [-0.25, -0.2) is 8.42 Å². The van der Waals surface area contributed by atoms with Crippen molar-refractivity contribution in [2.45, 2.75) is 12.5 Å². The lowest BCUT2D eigenvalue weighted by molar-refractivity contribution is -0.128. The molecule has 0 aliphatic carbocycles. The second kappa shape index (κ2) is 9.01. The quantitative estimate of drug-likeness (QED) is 0.383. The Morgan fingerprint density at radius 2 is 1.84 bits per heavy atom. The molecule has 0 spiro atoms. The van der Waals surface area contributed by atoms with Gasteiger partial charge >= 0.3 is 0 Å². The normalized spacial score (nSPS) is 16.8. The second-order valence-electron chi connectivity index (χ2n) is 9.19. The van der Waals surface area contributed by atoms with E-state index in [1.807, 2.05) is 35.2 Å². The zero-order valence-electron chi connectivity index (χ0n) is 20.1. The van der Waals surface area contributed by atoms with Crippen LogP contribution in [0.4, 0.5) is 5.69 Å². The Labute approximate surface area is 214 Å². The number of anilines is 1. The maximum absolute atomic E-state index is 13.5. The molecule has 0 fully saturated rings. The molecule has 2 aliphatic rings. The lowest BCUT2D eigenvalue weighted by Crippen LogP contribution is -2.39. The molecule has 4 aromatic rings. The minimum absolute atomic E-state index is 0.120. The summed E-state index contributed by atoms with van der Waals surface area (Å²) in [5.74, 6) is 1.25. The van der Waals surface area contributed by atoms with E-state index in [2.05, 4.69) is 21.8 Å². The number of hydrogen-bond acceptors (Lipinski definition) is 5. The van der Waals surface area contributed by atoms with Gasteiger partial charge in [0.2, 0.25) is 22.7 Å². The summed E-state index contributed by atoms with van der Waals surface area (Å²) >= 11 is 0. The van der Waals surface area contributed by atoms with Gasteiger partial charge in [-0.1, -0.05) is 36.4 Å². The number of aromatic amines is 1. The number of amides is 1. The fourth-order valence-electron chi connectivity index (χ4n) is 5.05. The van der Waals surface area contributed by atoms with Crippen LogP contribution in [-0.2, 0) is 21.2 Å². The SMILES string of the molecule is CS(=O)(=O)Nc1ccc(/C=C/C(=O)N2CCc3c([nH]c4ccccc34)C2c2ccc3c(c2)OCO3)cc1. The van der Waals surface area contributed by atoms with Crippen LogP contribution in [0.15, 0.2) is 72.8 Å². The molecule has 3 aromatic carbocycles. The molecule has 1 amide bonds. The fourth-order valence-corrected chi connectivity index (χ4v) is 5.61. The first kappa shape index (κ1) is 23.2. The van der Waals surface area contributed by atoms with Crippen molar-refractivity contribution in [2.75, 3.05) is 24.3 Å². The van der Waals surface area contributed by atoms with Crippen molar-refractivity contribution in [1.82, 2.24) is 9.88 Å². The smallest absolute Gasteiger partial charge is 0.247 e. The van der Waals surface area contributed by atoms with Gasteiger partial charge < -0.3 is 19.4 Å². The highest BCUT2D eigenvalue weighted by Gasteiger charge is 2.34. The number of aromatic nitrogens is 1. The molecular weight excluding hydrogens is 490 g/mol. The molecule has 2 aliphatic heterocycles. The van der Waals surface area contributed by atoms with E-state index in [1.165, 1.54) is 10.9 Å². The number of para-hydroxylation sites is 1. The standard InChI is InChI=1S/C28H25N3O5S/c1-37(33,34)30-20-10-6-18(7-11-20)8-13-26(32)31-15-14-22-21-4-2-3-5-23(21)29-27(22)28(31)19-9-12-24-25(16-19)36-17-35-24/h2-13,16,28-30H,14-15,17H2,1H3/b13-8+. The number of benzene rings is 3. The Kier molecular flexibility index (Phi) is 5.64.